The average Bonchev–Trinajstić information content (AvgIpc) is 2.93. The molecule has 2 rings (SSSR count). The van der Waals surface area contributed by atoms with Crippen LogP contribution in [-0.4, -0.2) is 42.1 Å². The summed E-state index contributed by atoms with van der Waals surface area (Å²) < 4.78 is 0. The molecule has 1 heterocycles. The van der Waals surface area contributed by atoms with Gasteiger partial charge in [-0.3, -0.25) is 4.79 Å². The topological polar surface area (TPSA) is 43.8 Å². The van der Waals surface area contributed by atoms with Gasteiger partial charge in [-0.05, 0) is 38.8 Å². The molecule has 0 spiro atoms. The first kappa shape index (κ1) is 13.7. The lowest BCUT2D eigenvalue weighted by molar-refractivity contribution is 0.0770. The van der Waals surface area contributed by atoms with E-state index in [2.05, 4.69) is 4.90 Å². The van der Waals surface area contributed by atoms with Gasteiger partial charge in [-0.2, -0.15) is 0 Å². The Labute approximate surface area is 114 Å². The summed E-state index contributed by atoms with van der Waals surface area (Å²) in [7, 11) is 0. The zero-order chi connectivity index (χ0) is 13.8. The van der Waals surface area contributed by atoms with Gasteiger partial charge in [-0.1, -0.05) is 0 Å². The predicted octanol–water partition coefficient (Wildman–Crippen LogP) is 2.47. The molecule has 1 aromatic carbocycles. The maximum atomic E-state index is 12.2. The van der Waals surface area contributed by atoms with Crippen molar-refractivity contribution in [3.63, 3.8) is 0 Å². The maximum absolute atomic E-state index is 12.2. The van der Waals surface area contributed by atoms with Crippen LogP contribution in [0, 0.1) is 0 Å². The molecule has 0 atom stereocenters. The Morgan fingerprint density at radius 1 is 1.26 bits per heavy atom. The molecule has 0 radical (unpaired) electrons. The number of rotatable bonds is 4. The third-order valence-corrected chi connectivity index (χ3v) is 3.73. The molecule has 1 N–H and O–H groups in total. The number of nitrogens with zero attached hydrogens (tertiary/aromatic N) is 2. The molecule has 0 aromatic heterocycles. The van der Waals surface area contributed by atoms with Crippen LogP contribution in [0.5, 0.6) is 5.75 Å². The molecule has 19 heavy (non-hydrogen) atoms. The van der Waals surface area contributed by atoms with Gasteiger partial charge >= 0.3 is 0 Å². The first-order chi connectivity index (χ1) is 9.17. The fourth-order valence-electron chi connectivity index (χ4n) is 2.55. The Morgan fingerprint density at radius 3 is 2.42 bits per heavy atom. The third kappa shape index (κ3) is 2.83. The van der Waals surface area contributed by atoms with Gasteiger partial charge in [0.2, 0.25) is 0 Å². The normalized spacial score (nSPS) is 14.7. The predicted molar refractivity (Wildman–Crippen MR) is 76.8 cm³/mol. The molecular formula is C15H22N2O2. The minimum atomic E-state index is -0.101. The molecule has 0 unspecified atom stereocenters. The summed E-state index contributed by atoms with van der Waals surface area (Å²) >= 11 is 0. The highest BCUT2D eigenvalue weighted by Crippen LogP contribution is 2.27. The molecule has 4 nitrogen and oxygen atoms in total. The highest BCUT2D eigenvalue weighted by molar-refractivity contribution is 5.97. The molecule has 0 bridgehead atoms. The van der Waals surface area contributed by atoms with Crippen molar-refractivity contribution in [2.75, 3.05) is 31.1 Å². The lowest BCUT2D eigenvalue weighted by Gasteiger charge is -2.21. The van der Waals surface area contributed by atoms with Crippen molar-refractivity contribution < 1.29 is 9.90 Å². The lowest BCUT2D eigenvalue weighted by atomic mass is 10.1. The first-order valence-electron chi connectivity index (χ1n) is 7.04. The molecule has 1 amide bonds. The molecule has 1 aliphatic rings. The second-order valence-electron chi connectivity index (χ2n) is 4.87. The Morgan fingerprint density at radius 2 is 1.89 bits per heavy atom. The molecule has 1 aliphatic heterocycles. The number of carbonyl (C=O) groups is 1. The van der Waals surface area contributed by atoms with E-state index in [1.54, 1.807) is 17.0 Å². The zero-order valence-electron chi connectivity index (χ0n) is 11.7. The first-order valence-corrected chi connectivity index (χ1v) is 7.04. The number of aromatic hydroxyl groups is 1. The quantitative estimate of drug-likeness (QED) is 0.906. The SMILES string of the molecule is CCN(CC)C(=O)c1ccc(N2CCCC2)cc1O. The van der Waals surface area contributed by atoms with Crippen molar-refractivity contribution in [3.05, 3.63) is 23.8 Å². The lowest BCUT2D eigenvalue weighted by Crippen LogP contribution is -2.30. The van der Waals surface area contributed by atoms with Gasteiger partial charge in [0, 0.05) is 37.9 Å². The van der Waals surface area contributed by atoms with E-state index in [1.165, 1.54) is 12.8 Å². The van der Waals surface area contributed by atoms with E-state index in [0.717, 1.165) is 18.8 Å². The van der Waals surface area contributed by atoms with Crippen LogP contribution in [0.1, 0.15) is 37.0 Å². The maximum Gasteiger partial charge on any atom is 0.257 e. The van der Waals surface area contributed by atoms with E-state index in [4.69, 9.17) is 0 Å². The average molecular weight is 262 g/mol. The molecule has 1 fully saturated rings. The smallest absolute Gasteiger partial charge is 0.257 e. The highest BCUT2D eigenvalue weighted by Gasteiger charge is 2.19. The van der Waals surface area contributed by atoms with Crippen molar-refractivity contribution in [2.24, 2.45) is 0 Å². The number of hydrogen-bond donors (Lipinski definition) is 1. The van der Waals surface area contributed by atoms with Gasteiger partial charge in [0.1, 0.15) is 5.75 Å². The number of benzene rings is 1. The molecule has 1 aromatic rings. The van der Waals surface area contributed by atoms with Gasteiger partial charge in [-0.15, -0.1) is 0 Å². The molecule has 1 saturated heterocycles. The third-order valence-electron chi connectivity index (χ3n) is 3.73. The largest absolute Gasteiger partial charge is 0.507 e. The van der Waals surface area contributed by atoms with E-state index >= 15 is 0 Å². The summed E-state index contributed by atoms with van der Waals surface area (Å²) in [4.78, 5) is 16.2. The minimum absolute atomic E-state index is 0.0845. The number of phenolic OH excluding ortho intramolecular Hbond substituents is 1. The molecule has 104 valence electrons. The fraction of sp³-hybridized carbons (Fsp3) is 0.533. The van der Waals surface area contributed by atoms with Gasteiger partial charge in [0.25, 0.3) is 5.91 Å². The summed E-state index contributed by atoms with van der Waals surface area (Å²) in [6.07, 6.45) is 2.39. The zero-order valence-corrected chi connectivity index (χ0v) is 11.7. The molecule has 0 saturated carbocycles. The van der Waals surface area contributed by atoms with E-state index in [0.29, 0.717) is 18.7 Å². The second kappa shape index (κ2) is 5.95. The van der Waals surface area contributed by atoms with Crippen LogP contribution in [0.4, 0.5) is 5.69 Å². The number of carbonyl (C=O) groups excluding carboxylic acids is 1. The van der Waals surface area contributed by atoms with Crippen LogP contribution >= 0.6 is 0 Å². The minimum Gasteiger partial charge on any atom is -0.507 e. The highest BCUT2D eigenvalue weighted by atomic mass is 16.3. The fourth-order valence-corrected chi connectivity index (χ4v) is 2.55. The van der Waals surface area contributed by atoms with Crippen LogP contribution in [0.25, 0.3) is 0 Å². The van der Waals surface area contributed by atoms with E-state index < -0.39 is 0 Å². The van der Waals surface area contributed by atoms with Crippen molar-refractivity contribution in [2.45, 2.75) is 26.7 Å². The summed E-state index contributed by atoms with van der Waals surface area (Å²) in [6.45, 7) is 7.25. The van der Waals surface area contributed by atoms with Crippen LogP contribution in [0.3, 0.4) is 0 Å². The molecular weight excluding hydrogens is 240 g/mol. The van der Waals surface area contributed by atoms with Crippen molar-refractivity contribution in [1.82, 2.24) is 4.90 Å². The Bertz CT molecular complexity index is 449. The van der Waals surface area contributed by atoms with Crippen molar-refractivity contribution in [3.8, 4) is 5.75 Å². The van der Waals surface area contributed by atoms with Crippen molar-refractivity contribution >= 4 is 11.6 Å². The van der Waals surface area contributed by atoms with Crippen LogP contribution in [0.2, 0.25) is 0 Å². The number of phenols is 1. The Hall–Kier alpha value is -1.71. The summed E-state index contributed by atoms with van der Waals surface area (Å²) in [5.41, 5.74) is 1.40. The van der Waals surface area contributed by atoms with E-state index in [1.807, 2.05) is 19.9 Å². The number of hydrogen-bond acceptors (Lipinski definition) is 3. The summed E-state index contributed by atoms with van der Waals surface area (Å²) in [5.74, 6) is -0.0169. The standard InChI is InChI=1S/C15H22N2O2/c1-3-16(4-2)15(19)13-8-7-12(11-14(13)18)17-9-5-6-10-17/h7-8,11,18H,3-6,9-10H2,1-2H3. The van der Waals surface area contributed by atoms with Crippen molar-refractivity contribution in [1.29, 1.82) is 0 Å². The Kier molecular flexibility index (Phi) is 4.30. The summed E-state index contributed by atoms with van der Waals surface area (Å²) in [6, 6.07) is 5.38. The van der Waals surface area contributed by atoms with E-state index in [-0.39, 0.29) is 11.7 Å². The van der Waals surface area contributed by atoms with Crippen LogP contribution in [0.15, 0.2) is 18.2 Å². The monoisotopic (exact) mass is 262 g/mol. The number of amides is 1. The summed E-state index contributed by atoms with van der Waals surface area (Å²) in [5, 5.41) is 10.1. The van der Waals surface area contributed by atoms with Gasteiger partial charge in [0.05, 0.1) is 5.56 Å². The Balaban J connectivity index is 2.21. The number of anilines is 1. The van der Waals surface area contributed by atoms with Gasteiger partial charge in [0.15, 0.2) is 0 Å². The molecule has 4 heteroatoms. The van der Waals surface area contributed by atoms with Gasteiger partial charge in [-0.25, -0.2) is 0 Å². The van der Waals surface area contributed by atoms with E-state index in [9.17, 15) is 9.90 Å². The second-order valence-corrected chi connectivity index (χ2v) is 4.87. The van der Waals surface area contributed by atoms with Crippen LogP contribution < -0.4 is 4.90 Å². The molecule has 0 aliphatic carbocycles. The van der Waals surface area contributed by atoms with Crippen LogP contribution in [-0.2, 0) is 0 Å². The van der Waals surface area contributed by atoms with Gasteiger partial charge < -0.3 is 14.9 Å².